The summed E-state index contributed by atoms with van der Waals surface area (Å²) >= 11 is 1.60. The van der Waals surface area contributed by atoms with Gasteiger partial charge in [-0.3, -0.25) is 4.90 Å². The lowest BCUT2D eigenvalue weighted by atomic mass is 9.78. The number of nitrogens with two attached hydrogens (primary N) is 1. The molecule has 0 aliphatic carbocycles. The number of likely N-dealkylation sites (tertiary alicyclic amines) is 1. The van der Waals surface area contributed by atoms with Crippen molar-refractivity contribution < 1.29 is 0 Å². The van der Waals surface area contributed by atoms with Gasteiger partial charge in [-0.25, -0.2) is 4.98 Å². The lowest BCUT2D eigenvalue weighted by Gasteiger charge is -2.26. The zero-order valence-electron chi connectivity index (χ0n) is 12.0. The van der Waals surface area contributed by atoms with Crippen molar-refractivity contribution in [1.82, 2.24) is 9.88 Å². The van der Waals surface area contributed by atoms with E-state index in [1.165, 1.54) is 10.4 Å². The fourth-order valence-electron chi connectivity index (χ4n) is 3.23. The maximum Gasteiger partial charge on any atom is 0.180 e. The average molecular weight is 287 g/mol. The summed E-state index contributed by atoms with van der Waals surface area (Å²) in [6.07, 6.45) is 1.91. The molecule has 2 aromatic rings. The Morgan fingerprint density at radius 3 is 2.75 bits per heavy atom. The Hall–Kier alpha value is -1.39. The molecule has 2 heterocycles. The van der Waals surface area contributed by atoms with Gasteiger partial charge in [0.05, 0.1) is 0 Å². The van der Waals surface area contributed by atoms with Gasteiger partial charge in [-0.2, -0.15) is 0 Å². The van der Waals surface area contributed by atoms with E-state index in [4.69, 9.17) is 5.73 Å². The van der Waals surface area contributed by atoms with Gasteiger partial charge in [0.1, 0.15) is 0 Å². The number of rotatable bonds is 3. The summed E-state index contributed by atoms with van der Waals surface area (Å²) < 4.78 is 0. The number of nitrogen functional groups attached to an aromatic ring is 1. The van der Waals surface area contributed by atoms with E-state index < -0.39 is 0 Å². The summed E-state index contributed by atoms with van der Waals surface area (Å²) in [6, 6.07) is 10.9. The summed E-state index contributed by atoms with van der Waals surface area (Å²) in [6.45, 7) is 7.91. The molecule has 1 saturated heterocycles. The average Bonchev–Trinajstić information content (AvgIpc) is 2.94. The van der Waals surface area contributed by atoms with Crippen molar-refractivity contribution in [3.8, 4) is 0 Å². The molecule has 106 valence electrons. The van der Waals surface area contributed by atoms with Gasteiger partial charge in [-0.1, -0.05) is 44.2 Å². The Labute approximate surface area is 124 Å². The minimum atomic E-state index is 0.303. The molecule has 0 amide bonds. The van der Waals surface area contributed by atoms with E-state index in [1.54, 1.807) is 11.3 Å². The van der Waals surface area contributed by atoms with Gasteiger partial charge in [0.2, 0.25) is 0 Å². The predicted molar refractivity (Wildman–Crippen MR) is 84.8 cm³/mol. The molecule has 0 spiro atoms. The van der Waals surface area contributed by atoms with Crippen LogP contribution < -0.4 is 5.73 Å². The van der Waals surface area contributed by atoms with E-state index in [1.807, 2.05) is 6.20 Å². The Balaban J connectivity index is 1.75. The molecule has 4 heteroatoms. The molecular formula is C16H21N3S. The fourth-order valence-corrected chi connectivity index (χ4v) is 3.96. The molecule has 1 aromatic heterocycles. The first-order valence-corrected chi connectivity index (χ1v) is 7.84. The molecular weight excluding hydrogens is 266 g/mol. The SMILES string of the molecule is CC1(C)CN(Cc2cnc(N)s2)CC1c1ccccc1. The minimum absolute atomic E-state index is 0.303. The van der Waals surface area contributed by atoms with E-state index in [0.29, 0.717) is 16.5 Å². The second-order valence-corrected chi connectivity index (χ2v) is 7.43. The molecule has 0 bridgehead atoms. The second kappa shape index (κ2) is 5.19. The van der Waals surface area contributed by atoms with Gasteiger partial charge in [-0.15, -0.1) is 11.3 Å². The Morgan fingerprint density at radius 1 is 1.35 bits per heavy atom. The smallest absolute Gasteiger partial charge is 0.180 e. The van der Waals surface area contributed by atoms with Crippen LogP contribution in [0.5, 0.6) is 0 Å². The first-order valence-electron chi connectivity index (χ1n) is 7.02. The van der Waals surface area contributed by atoms with Crippen LogP contribution in [0.25, 0.3) is 0 Å². The highest BCUT2D eigenvalue weighted by Gasteiger charge is 2.39. The van der Waals surface area contributed by atoms with Gasteiger partial charge in [0.25, 0.3) is 0 Å². The summed E-state index contributed by atoms with van der Waals surface area (Å²) in [5.74, 6) is 0.592. The molecule has 3 nitrogen and oxygen atoms in total. The third-order valence-corrected chi connectivity index (χ3v) is 4.98. The van der Waals surface area contributed by atoms with Crippen molar-refractivity contribution in [2.24, 2.45) is 5.41 Å². The largest absolute Gasteiger partial charge is 0.375 e. The number of thiazole rings is 1. The van der Waals surface area contributed by atoms with Crippen LogP contribution in [-0.4, -0.2) is 23.0 Å². The summed E-state index contributed by atoms with van der Waals surface area (Å²) in [5, 5.41) is 0.665. The zero-order chi connectivity index (χ0) is 14.2. The quantitative estimate of drug-likeness (QED) is 0.941. The van der Waals surface area contributed by atoms with Crippen molar-refractivity contribution in [1.29, 1.82) is 0 Å². The Bertz CT molecular complexity index is 576. The summed E-state index contributed by atoms with van der Waals surface area (Å²) in [4.78, 5) is 7.92. The van der Waals surface area contributed by atoms with Gasteiger partial charge < -0.3 is 5.73 Å². The van der Waals surface area contributed by atoms with Gasteiger partial charge in [0, 0.05) is 36.6 Å². The Morgan fingerprint density at radius 2 is 2.10 bits per heavy atom. The van der Waals surface area contributed by atoms with Crippen molar-refractivity contribution in [2.75, 3.05) is 18.8 Å². The van der Waals surface area contributed by atoms with Crippen LogP contribution in [0.3, 0.4) is 0 Å². The normalized spacial score (nSPS) is 22.2. The first-order chi connectivity index (χ1) is 9.54. The second-order valence-electron chi connectivity index (χ2n) is 6.29. The zero-order valence-corrected chi connectivity index (χ0v) is 12.9. The number of nitrogens with zero attached hydrogens (tertiary/aromatic N) is 2. The van der Waals surface area contributed by atoms with Crippen LogP contribution in [0.1, 0.15) is 30.2 Å². The highest BCUT2D eigenvalue weighted by molar-refractivity contribution is 7.15. The van der Waals surface area contributed by atoms with E-state index in [-0.39, 0.29) is 0 Å². The molecule has 1 aliphatic heterocycles. The predicted octanol–water partition coefficient (Wildman–Crippen LogP) is 3.35. The molecule has 3 rings (SSSR count). The maximum absolute atomic E-state index is 5.71. The molecule has 1 fully saturated rings. The molecule has 0 radical (unpaired) electrons. The van der Waals surface area contributed by atoms with E-state index >= 15 is 0 Å². The lowest BCUT2D eigenvalue weighted by molar-refractivity contribution is 0.283. The highest BCUT2D eigenvalue weighted by atomic mass is 32.1. The third-order valence-electron chi connectivity index (χ3n) is 4.17. The fraction of sp³-hybridized carbons (Fsp3) is 0.438. The van der Waals surface area contributed by atoms with Crippen molar-refractivity contribution >= 4 is 16.5 Å². The minimum Gasteiger partial charge on any atom is -0.375 e. The maximum atomic E-state index is 5.71. The third kappa shape index (κ3) is 2.72. The molecule has 0 saturated carbocycles. The van der Waals surface area contributed by atoms with Crippen molar-refractivity contribution in [2.45, 2.75) is 26.3 Å². The number of aromatic nitrogens is 1. The number of benzene rings is 1. The molecule has 1 aliphatic rings. The van der Waals surface area contributed by atoms with Crippen LogP contribution >= 0.6 is 11.3 Å². The monoisotopic (exact) mass is 287 g/mol. The van der Waals surface area contributed by atoms with Crippen molar-refractivity contribution in [3.05, 3.63) is 47.0 Å². The lowest BCUT2D eigenvalue weighted by Crippen LogP contribution is -2.23. The van der Waals surface area contributed by atoms with Crippen molar-refractivity contribution in [3.63, 3.8) is 0 Å². The molecule has 1 unspecified atom stereocenters. The van der Waals surface area contributed by atoms with E-state index in [9.17, 15) is 0 Å². The summed E-state index contributed by atoms with van der Waals surface area (Å²) in [5.41, 5.74) is 7.46. The molecule has 1 aromatic carbocycles. The topological polar surface area (TPSA) is 42.2 Å². The van der Waals surface area contributed by atoms with Gasteiger partial charge in [-0.05, 0) is 11.0 Å². The molecule has 2 N–H and O–H groups in total. The summed E-state index contributed by atoms with van der Waals surface area (Å²) in [7, 11) is 0. The first kappa shape index (κ1) is 13.6. The standard InChI is InChI=1S/C16H21N3S/c1-16(2)11-19(9-13-8-18-15(17)20-13)10-14(16)12-6-4-3-5-7-12/h3-8,14H,9-11H2,1-2H3,(H2,17,18). The number of hydrogen-bond acceptors (Lipinski definition) is 4. The molecule has 1 atom stereocenters. The van der Waals surface area contributed by atoms with Gasteiger partial charge >= 0.3 is 0 Å². The van der Waals surface area contributed by atoms with Crippen LogP contribution in [0.4, 0.5) is 5.13 Å². The molecule has 20 heavy (non-hydrogen) atoms. The van der Waals surface area contributed by atoms with E-state index in [0.717, 1.165) is 19.6 Å². The van der Waals surface area contributed by atoms with Crippen LogP contribution in [0, 0.1) is 5.41 Å². The van der Waals surface area contributed by atoms with Crippen LogP contribution in [0.15, 0.2) is 36.5 Å². The number of hydrogen-bond donors (Lipinski definition) is 1. The van der Waals surface area contributed by atoms with Gasteiger partial charge in [0.15, 0.2) is 5.13 Å². The number of anilines is 1. The van der Waals surface area contributed by atoms with Crippen LogP contribution in [-0.2, 0) is 6.54 Å². The van der Waals surface area contributed by atoms with Crippen LogP contribution in [0.2, 0.25) is 0 Å². The van der Waals surface area contributed by atoms with E-state index in [2.05, 4.69) is 54.1 Å². The Kier molecular flexibility index (Phi) is 3.52. The highest BCUT2D eigenvalue weighted by Crippen LogP contribution is 2.42.